The fraction of sp³-hybridized carbons (Fsp3) is 0.250. The van der Waals surface area contributed by atoms with Crippen LogP contribution in [0.2, 0.25) is 0 Å². The summed E-state index contributed by atoms with van der Waals surface area (Å²) in [5.41, 5.74) is -0.0959. The molecule has 2 amide bonds. The molecule has 0 unspecified atom stereocenters. The van der Waals surface area contributed by atoms with E-state index in [0.29, 0.717) is 31.0 Å². The van der Waals surface area contributed by atoms with Gasteiger partial charge in [-0.1, -0.05) is 12.1 Å². The first kappa shape index (κ1) is 19.0. The van der Waals surface area contributed by atoms with E-state index in [1.165, 1.54) is 6.07 Å². The Morgan fingerprint density at radius 3 is 2.76 bits per heavy atom. The number of pyridine rings is 2. The molecule has 3 heterocycles. The van der Waals surface area contributed by atoms with E-state index in [-0.39, 0.29) is 12.1 Å². The number of carbonyl (C=O) groups excluding carboxylic acids is 1. The number of anilines is 2. The van der Waals surface area contributed by atoms with Crippen LogP contribution in [0.5, 0.6) is 0 Å². The van der Waals surface area contributed by atoms with E-state index in [4.69, 9.17) is 0 Å². The molecule has 0 saturated carbocycles. The van der Waals surface area contributed by atoms with Crippen molar-refractivity contribution in [1.29, 1.82) is 0 Å². The SMILES string of the molecule is O=C(Nc1cccc2cnccc12)N[C@H]1CCN(c2ccc(C(F)(F)F)cn2)C1. The van der Waals surface area contributed by atoms with Gasteiger partial charge in [0.15, 0.2) is 0 Å². The Kier molecular flexibility index (Phi) is 4.96. The summed E-state index contributed by atoms with van der Waals surface area (Å²) in [6, 6.07) is 9.32. The van der Waals surface area contributed by atoms with Crippen LogP contribution in [-0.4, -0.2) is 35.1 Å². The maximum Gasteiger partial charge on any atom is 0.417 e. The molecule has 1 aromatic carbocycles. The van der Waals surface area contributed by atoms with Crippen LogP contribution in [0.4, 0.5) is 29.5 Å². The highest BCUT2D eigenvalue weighted by Gasteiger charge is 2.31. The van der Waals surface area contributed by atoms with Gasteiger partial charge in [0.2, 0.25) is 0 Å². The standard InChI is InChI=1S/C20H18F3N5O/c21-20(22,23)14-4-5-18(25-11-14)28-9-7-15(12-28)26-19(29)27-17-3-1-2-13-10-24-8-6-16(13)17/h1-6,8,10-11,15H,7,9,12H2,(H2,26,27,29)/t15-/m0/s1. The van der Waals surface area contributed by atoms with Gasteiger partial charge in [-0.3, -0.25) is 4.98 Å². The van der Waals surface area contributed by atoms with E-state index in [1.807, 2.05) is 29.2 Å². The Labute approximate surface area is 164 Å². The molecule has 1 atom stereocenters. The first-order chi connectivity index (χ1) is 13.9. The van der Waals surface area contributed by atoms with Crippen molar-refractivity contribution in [3.63, 3.8) is 0 Å². The average molecular weight is 401 g/mol. The Morgan fingerprint density at radius 2 is 2.00 bits per heavy atom. The van der Waals surface area contributed by atoms with Crippen LogP contribution in [0, 0.1) is 0 Å². The summed E-state index contributed by atoms with van der Waals surface area (Å²) in [7, 11) is 0. The Hall–Kier alpha value is -3.36. The minimum atomic E-state index is -4.41. The normalized spacial score (nSPS) is 16.8. The first-order valence-electron chi connectivity index (χ1n) is 9.08. The number of fused-ring (bicyclic) bond motifs is 1. The minimum absolute atomic E-state index is 0.129. The lowest BCUT2D eigenvalue weighted by Gasteiger charge is -2.19. The highest BCUT2D eigenvalue weighted by Crippen LogP contribution is 2.30. The van der Waals surface area contributed by atoms with E-state index >= 15 is 0 Å². The molecule has 4 rings (SSSR count). The molecule has 0 spiro atoms. The first-order valence-corrected chi connectivity index (χ1v) is 9.08. The number of rotatable bonds is 3. The second-order valence-corrected chi connectivity index (χ2v) is 6.84. The van der Waals surface area contributed by atoms with Gasteiger partial charge in [0, 0.05) is 48.5 Å². The van der Waals surface area contributed by atoms with E-state index in [2.05, 4.69) is 20.6 Å². The van der Waals surface area contributed by atoms with Gasteiger partial charge in [-0.2, -0.15) is 13.2 Å². The van der Waals surface area contributed by atoms with Gasteiger partial charge in [-0.05, 0) is 30.7 Å². The summed E-state index contributed by atoms with van der Waals surface area (Å²) >= 11 is 0. The predicted octanol–water partition coefficient (Wildman–Crippen LogP) is 4.05. The molecule has 1 aliphatic rings. The van der Waals surface area contributed by atoms with Crippen LogP contribution in [-0.2, 0) is 6.18 Å². The third-order valence-corrected chi connectivity index (χ3v) is 4.85. The number of hydrogen-bond acceptors (Lipinski definition) is 4. The molecule has 1 fully saturated rings. The molecule has 2 aromatic heterocycles. The molecule has 0 bridgehead atoms. The summed E-state index contributed by atoms with van der Waals surface area (Å²) in [5, 5.41) is 7.58. The topological polar surface area (TPSA) is 70.2 Å². The largest absolute Gasteiger partial charge is 0.417 e. The number of alkyl halides is 3. The lowest BCUT2D eigenvalue weighted by Crippen LogP contribution is -2.39. The van der Waals surface area contributed by atoms with Crippen molar-refractivity contribution < 1.29 is 18.0 Å². The van der Waals surface area contributed by atoms with Gasteiger partial charge in [0.05, 0.1) is 11.3 Å². The highest BCUT2D eigenvalue weighted by molar-refractivity contribution is 6.01. The summed E-state index contributed by atoms with van der Waals surface area (Å²) in [5.74, 6) is 0.462. The Balaban J connectivity index is 1.37. The summed E-state index contributed by atoms with van der Waals surface area (Å²) < 4.78 is 38.0. The van der Waals surface area contributed by atoms with Crippen molar-refractivity contribution in [3.8, 4) is 0 Å². The van der Waals surface area contributed by atoms with Crippen LogP contribution in [0.3, 0.4) is 0 Å². The number of halogens is 3. The van der Waals surface area contributed by atoms with Gasteiger partial charge in [-0.25, -0.2) is 9.78 Å². The number of carbonyl (C=O) groups is 1. The van der Waals surface area contributed by atoms with Gasteiger partial charge >= 0.3 is 12.2 Å². The van der Waals surface area contributed by atoms with E-state index < -0.39 is 11.7 Å². The van der Waals surface area contributed by atoms with E-state index in [9.17, 15) is 18.0 Å². The zero-order valence-electron chi connectivity index (χ0n) is 15.3. The fourth-order valence-electron chi connectivity index (χ4n) is 3.40. The molecule has 6 nitrogen and oxygen atoms in total. The smallest absolute Gasteiger partial charge is 0.354 e. The van der Waals surface area contributed by atoms with Crippen molar-refractivity contribution >= 4 is 28.3 Å². The van der Waals surface area contributed by atoms with Crippen molar-refractivity contribution in [3.05, 3.63) is 60.6 Å². The van der Waals surface area contributed by atoms with Crippen LogP contribution in [0.15, 0.2) is 55.0 Å². The third kappa shape index (κ3) is 4.23. The maximum absolute atomic E-state index is 12.7. The number of nitrogens with zero attached hydrogens (tertiary/aromatic N) is 3. The fourth-order valence-corrected chi connectivity index (χ4v) is 3.40. The molecule has 0 aliphatic carbocycles. The molecule has 3 aromatic rings. The monoisotopic (exact) mass is 401 g/mol. The van der Waals surface area contributed by atoms with Crippen LogP contribution in [0.25, 0.3) is 10.8 Å². The average Bonchev–Trinajstić information content (AvgIpc) is 3.16. The van der Waals surface area contributed by atoms with Crippen molar-refractivity contribution in [2.24, 2.45) is 0 Å². The number of benzene rings is 1. The molecule has 150 valence electrons. The van der Waals surface area contributed by atoms with Crippen molar-refractivity contribution in [2.45, 2.75) is 18.6 Å². The molecular weight excluding hydrogens is 383 g/mol. The molecule has 9 heteroatoms. The zero-order valence-corrected chi connectivity index (χ0v) is 15.3. The zero-order chi connectivity index (χ0) is 20.4. The number of aromatic nitrogens is 2. The molecular formula is C20H18F3N5O. The summed E-state index contributed by atoms with van der Waals surface area (Å²) in [6.45, 7) is 1.08. The number of hydrogen-bond donors (Lipinski definition) is 2. The second kappa shape index (κ2) is 7.57. The van der Waals surface area contributed by atoms with Crippen LogP contribution < -0.4 is 15.5 Å². The molecule has 1 saturated heterocycles. The van der Waals surface area contributed by atoms with Crippen molar-refractivity contribution in [2.75, 3.05) is 23.3 Å². The molecule has 0 radical (unpaired) electrons. The van der Waals surface area contributed by atoms with Gasteiger partial charge in [-0.15, -0.1) is 0 Å². The summed E-state index contributed by atoms with van der Waals surface area (Å²) in [4.78, 5) is 22.3. The number of nitrogens with one attached hydrogen (secondary N) is 2. The molecule has 2 N–H and O–H groups in total. The van der Waals surface area contributed by atoms with Crippen LogP contribution in [0.1, 0.15) is 12.0 Å². The van der Waals surface area contributed by atoms with Crippen LogP contribution >= 0.6 is 0 Å². The third-order valence-electron chi connectivity index (χ3n) is 4.85. The Morgan fingerprint density at radius 1 is 1.14 bits per heavy atom. The number of urea groups is 1. The van der Waals surface area contributed by atoms with E-state index in [1.54, 1.807) is 12.4 Å². The van der Waals surface area contributed by atoms with Gasteiger partial charge in [0.25, 0.3) is 0 Å². The lowest BCUT2D eigenvalue weighted by atomic mass is 10.1. The minimum Gasteiger partial charge on any atom is -0.354 e. The Bertz CT molecular complexity index is 1020. The second-order valence-electron chi connectivity index (χ2n) is 6.84. The molecule has 1 aliphatic heterocycles. The lowest BCUT2D eigenvalue weighted by molar-refractivity contribution is -0.137. The highest BCUT2D eigenvalue weighted by atomic mass is 19.4. The maximum atomic E-state index is 12.7. The van der Waals surface area contributed by atoms with Gasteiger partial charge in [0.1, 0.15) is 5.82 Å². The quantitative estimate of drug-likeness (QED) is 0.695. The van der Waals surface area contributed by atoms with Crippen molar-refractivity contribution in [1.82, 2.24) is 15.3 Å². The van der Waals surface area contributed by atoms with Gasteiger partial charge < -0.3 is 15.5 Å². The predicted molar refractivity (Wildman–Crippen MR) is 104 cm³/mol. The summed E-state index contributed by atoms with van der Waals surface area (Å²) in [6.07, 6.45) is 0.492. The molecule has 29 heavy (non-hydrogen) atoms. The van der Waals surface area contributed by atoms with E-state index in [0.717, 1.165) is 23.0 Å². The number of amides is 2.